The zero-order valence-corrected chi connectivity index (χ0v) is 22.6. The second-order valence-corrected chi connectivity index (χ2v) is 10.2. The number of nitrogens with one attached hydrogen (secondary N) is 2. The largest absolute Gasteiger partial charge is 0.352 e. The summed E-state index contributed by atoms with van der Waals surface area (Å²) in [5.74, 6) is -0.0273. The van der Waals surface area contributed by atoms with Crippen molar-refractivity contribution >= 4 is 11.8 Å². The summed E-state index contributed by atoms with van der Waals surface area (Å²) in [6, 6.07) is 15.3. The van der Waals surface area contributed by atoms with Crippen LogP contribution in [0.3, 0.4) is 0 Å². The van der Waals surface area contributed by atoms with E-state index in [0.29, 0.717) is 30.6 Å². The molecular formula is C31H35N5O2. The number of H-pyrrole nitrogens is 1. The van der Waals surface area contributed by atoms with E-state index in [1.54, 1.807) is 6.07 Å². The van der Waals surface area contributed by atoms with Gasteiger partial charge in [-0.05, 0) is 67.0 Å². The van der Waals surface area contributed by atoms with Gasteiger partial charge in [0.25, 0.3) is 11.8 Å². The predicted octanol–water partition coefficient (Wildman–Crippen LogP) is 5.28. The van der Waals surface area contributed by atoms with Crippen molar-refractivity contribution in [1.82, 2.24) is 20.4 Å². The van der Waals surface area contributed by atoms with Crippen molar-refractivity contribution in [2.45, 2.75) is 60.0 Å². The molecule has 3 aromatic rings. The summed E-state index contributed by atoms with van der Waals surface area (Å²) in [5.41, 5.74) is 8.42. The number of hydrogen-bond donors (Lipinski definition) is 2. The minimum Gasteiger partial charge on any atom is -0.352 e. The van der Waals surface area contributed by atoms with E-state index in [0.717, 1.165) is 47.2 Å². The van der Waals surface area contributed by atoms with Gasteiger partial charge in [0, 0.05) is 54.5 Å². The summed E-state index contributed by atoms with van der Waals surface area (Å²) in [6.45, 7) is 9.64. The molecule has 0 atom stereocenters. The van der Waals surface area contributed by atoms with Crippen LogP contribution >= 0.6 is 0 Å². The van der Waals surface area contributed by atoms with Crippen LogP contribution in [0.15, 0.2) is 42.5 Å². The molecule has 0 radical (unpaired) electrons. The van der Waals surface area contributed by atoms with Crippen LogP contribution in [-0.2, 0) is 25.9 Å². The molecule has 196 valence electrons. The number of benzene rings is 2. The van der Waals surface area contributed by atoms with Gasteiger partial charge in [-0.3, -0.25) is 14.7 Å². The van der Waals surface area contributed by atoms with Crippen LogP contribution in [0.1, 0.15) is 77.2 Å². The van der Waals surface area contributed by atoms with Crippen LogP contribution < -0.4 is 5.32 Å². The highest BCUT2D eigenvalue weighted by Gasteiger charge is 2.31. The van der Waals surface area contributed by atoms with Crippen molar-refractivity contribution in [3.05, 3.63) is 76.0 Å². The van der Waals surface area contributed by atoms with Gasteiger partial charge in [-0.1, -0.05) is 32.0 Å². The molecule has 1 aliphatic heterocycles. The van der Waals surface area contributed by atoms with Gasteiger partial charge in [0.2, 0.25) is 0 Å². The number of hydrogen-bond acceptors (Lipinski definition) is 4. The molecule has 0 unspecified atom stereocenters. The van der Waals surface area contributed by atoms with Crippen molar-refractivity contribution in [3.8, 4) is 30.2 Å². The Balaban J connectivity index is 0.000000748. The first-order valence-corrected chi connectivity index (χ1v) is 12.8. The maximum Gasteiger partial charge on any atom is 0.254 e. The summed E-state index contributed by atoms with van der Waals surface area (Å²) in [7, 11) is 0. The Labute approximate surface area is 225 Å². The lowest BCUT2D eigenvalue weighted by molar-refractivity contribution is 0.0766. The fourth-order valence-corrected chi connectivity index (χ4v) is 4.99. The number of nitriles is 1. The predicted molar refractivity (Wildman–Crippen MR) is 149 cm³/mol. The average Bonchev–Trinajstić information content (AvgIpc) is 3.45. The third kappa shape index (κ3) is 6.12. The number of aromatic nitrogens is 2. The molecule has 5 rings (SSSR count). The first kappa shape index (κ1) is 28.2. The van der Waals surface area contributed by atoms with Gasteiger partial charge >= 0.3 is 0 Å². The van der Waals surface area contributed by atoms with E-state index in [9.17, 15) is 9.59 Å². The minimum absolute atomic E-state index is 0.0511. The number of rotatable bonds is 5. The molecule has 7 heteroatoms. The molecular weight excluding hydrogens is 474 g/mol. The SMILES string of the molecule is C#C.CC#N.CCNC(=O)c1ccc(CN2Cc3cc(-c4n[nH]c5c4CCC(C)(C)C5)ccc3C2=O)cc1. The zero-order chi connectivity index (χ0) is 27.9. The highest BCUT2D eigenvalue weighted by Crippen LogP contribution is 2.38. The van der Waals surface area contributed by atoms with Crippen molar-refractivity contribution in [3.63, 3.8) is 0 Å². The summed E-state index contributed by atoms with van der Waals surface area (Å²) in [6.07, 6.45) is 11.2. The lowest BCUT2D eigenvalue weighted by atomic mass is 9.76. The Kier molecular flexibility index (Phi) is 9.10. The highest BCUT2D eigenvalue weighted by atomic mass is 16.2. The lowest BCUT2D eigenvalue weighted by Crippen LogP contribution is -2.24. The Morgan fingerprint density at radius 1 is 1.21 bits per heavy atom. The Hall–Kier alpha value is -4.36. The number of aromatic amines is 1. The number of carbonyl (C=O) groups excluding carboxylic acids is 2. The van der Waals surface area contributed by atoms with Crippen molar-refractivity contribution in [2.24, 2.45) is 5.41 Å². The summed E-state index contributed by atoms with van der Waals surface area (Å²) < 4.78 is 0. The normalized spacial score (nSPS) is 14.6. The quantitative estimate of drug-likeness (QED) is 0.457. The molecule has 2 aromatic carbocycles. The van der Waals surface area contributed by atoms with Gasteiger partial charge in [0.15, 0.2) is 0 Å². The van der Waals surface area contributed by atoms with E-state index in [-0.39, 0.29) is 11.8 Å². The molecule has 0 bridgehead atoms. The van der Waals surface area contributed by atoms with Crippen molar-refractivity contribution in [2.75, 3.05) is 6.54 Å². The molecule has 2 N–H and O–H groups in total. The number of nitrogens with zero attached hydrogens (tertiary/aromatic N) is 3. The molecule has 0 spiro atoms. The fourth-order valence-electron chi connectivity index (χ4n) is 4.99. The van der Waals surface area contributed by atoms with Crippen LogP contribution in [0.5, 0.6) is 0 Å². The average molecular weight is 510 g/mol. The standard InChI is InChI=1S/C27H30N4O2.C2H3N.C2H2/c1-4-28-25(32)18-7-5-17(6-8-18)15-31-16-20-13-19(9-10-21(20)26(31)33)24-22-11-12-27(2,3)14-23(22)29-30-24;1-2-3;1-2/h5-10,13H,4,11-12,14-16H2,1-3H3,(H,28,32)(H,29,30);1H3;1-2H. The molecule has 2 heterocycles. The summed E-state index contributed by atoms with van der Waals surface area (Å²) in [4.78, 5) is 26.8. The number of terminal acetylenes is 1. The molecule has 0 saturated heterocycles. The second-order valence-electron chi connectivity index (χ2n) is 10.2. The number of amides is 2. The number of fused-ring (bicyclic) bond motifs is 2. The Morgan fingerprint density at radius 2 is 1.89 bits per heavy atom. The van der Waals surface area contributed by atoms with Gasteiger partial charge in [-0.25, -0.2) is 0 Å². The van der Waals surface area contributed by atoms with Gasteiger partial charge in [0.1, 0.15) is 0 Å². The third-order valence-electron chi connectivity index (χ3n) is 6.84. The highest BCUT2D eigenvalue weighted by molar-refractivity contribution is 5.99. The molecule has 0 saturated carbocycles. The molecule has 1 aromatic heterocycles. The van der Waals surface area contributed by atoms with Crippen molar-refractivity contribution in [1.29, 1.82) is 5.26 Å². The molecule has 38 heavy (non-hydrogen) atoms. The van der Waals surface area contributed by atoms with Crippen LogP contribution in [0, 0.1) is 29.6 Å². The smallest absolute Gasteiger partial charge is 0.254 e. The second kappa shape index (κ2) is 12.3. The van der Waals surface area contributed by atoms with E-state index in [1.165, 1.54) is 18.2 Å². The molecule has 1 aliphatic carbocycles. The van der Waals surface area contributed by atoms with Crippen LogP contribution in [0.4, 0.5) is 0 Å². The van der Waals surface area contributed by atoms with Crippen LogP contribution in [0.25, 0.3) is 11.3 Å². The minimum atomic E-state index is -0.0784. The zero-order valence-electron chi connectivity index (χ0n) is 22.6. The van der Waals surface area contributed by atoms with E-state index in [2.05, 4.69) is 48.3 Å². The van der Waals surface area contributed by atoms with Crippen LogP contribution in [-0.4, -0.2) is 33.5 Å². The molecule has 7 nitrogen and oxygen atoms in total. The van der Waals surface area contributed by atoms with E-state index >= 15 is 0 Å². The first-order valence-electron chi connectivity index (χ1n) is 12.8. The van der Waals surface area contributed by atoms with E-state index < -0.39 is 0 Å². The summed E-state index contributed by atoms with van der Waals surface area (Å²) in [5, 5.41) is 18.0. The Morgan fingerprint density at radius 3 is 2.55 bits per heavy atom. The van der Waals surface area contributed by atoms with Crippen molar-refractivity contribution < 1.29 is 9.59 Å². The maximum atomic E-state index is 13.0. The third-order valence-corrected chi connectivity index (χ3v) is 6.84. The molecule has 2 amide bonds. The van der Waals surface area contributed by atoms with Gasteiger partial charge in [0.05, 0.1) is 11.8 Å². The van der Waals surface area contributed by atoms with E-state index in [1.807, 2.05) is 48.2 Å². The van der Waals surface area contributed by atoms with Gasteiger partial charge in [-0.15, -0.1) is 12.8 Å². The van der Waals surface area contributed by atoms with Gasteiger partial charge in [-0.2, -0.15) is 10.4 Å². The van der Waals surface area contributed by atoms with Crippen LogP contribution in [0.2, 0.25) is 0 Å². The van der Waals surface area contributed by atoms with E-state index in [4.69, 9.17) is 5.26 Å². The monoisotopic (exact) mass is 509 g/mol. The Bertz CT molecular complexity index is 1360. The maximum absolute atomic E-state index is 13.0. The molecule has 2 aliphatic rings. The molecule has 0 fully saturated rings. The first-order chi connectivity index (χ1) is 18.3. The number of carbonyl (C=O) groups is 2. The van der Waals surface area contributed by atoms with Gasteiger partial charge < -0.3 is 10.2 Å². The fraction of sp³-hybridized carbons (Fsp3) is 0.355. The lowest BCUT2D eigenvalue weighted by Gasteiger charge is -2.29. The topological polar surface area (TPSA) is 102 Å². The summed E-state index contributed by atoms with van der Waals surface area (Å²) >= 11 is 0.